The Kier molecular flexibility index (Phi) is 3.90. The average molecular weight is 240 g/mol. The molecule has 1 aromatic rings. The minimum Gasteiger partial charge on any atom is -0.396 e. The van der Waals surface area contributed by atoms with Crippen molar-refractivity contribution in [2.75, 3.05) is 13.2 Å². The molecule has 0 aromatic carbocycles. The quantitative estimate of drug-likeness (QED) is 0.868. The molecule has 2 rings (SSSR count). The van der Waals surface area contributed by atoms with Crippen LogP contribution >= 0.6 is 11.3 Å². The highest BCUT2D eigenvalue weighted by Crippen LogP contribution is 2.24. The summed E-state index contributed by atoms with van der Waals surface area (Å²) in [5.74, 6) is 0.0999. The number of carbonyl (C=O) groups is 1. The third-order valence-corrected chi connectivity index (χ3v) is 3.74. The fourth-order valence-corrected chi connectivity index (χ4v) is 2.77. The van der Waals surface area contributed by atoms with Gasteiger partial charge in [0.2, 0.25) is 0 Å². The Labute approximate surface area is 98.9 Å². The van der Waals surface area contributed by atoms with Gasteiger partial charge in [0.05, 0.1) is 11.7 Å². The van der Waals surface area contributed by atoms with E-state index in [-0.39, 0.29) is 12.5 Å². The Hall–Kier alpha value is -0.940. The van der Waals surface area contributed by atoms with E-state index in [0.717, 1.165) is 37.1 Å². The van der Waals surface area contributed by atoms with E-state index in [9.17, 15) is 4.79 Å². The third kappa shape index (κ3) is 2.41. The summed E-state index contributed by atoms with van der Waals surface area (Å²) in [7, 11) is 0. The first kappa shape index (κ1) is 11.5. The second-order valence-electron chi connectivity index (χ2n) is 4.03. The standard InChI is InChI=1S/C11H16N2O2S/c14-6-2-4-9-3-1-5-13(9)11(15)10-7-12-8-16-10/h7-9,14H,1-6H2. The molecule has 0 bridgehead atoms. The van der Waals surface area contributed by atoms with E-state index in [2.05, 4.69) is 4.98 Å². The van der Waals surface area contributed by atoms with Gasteiger partial charge in [0, 0.05) is 19.2 Å². The van der Waals surface area contributed by atoms with Gasteiger partial charge in [0.25, 0.3) is 5.91 Å². The van der Waals surface area contributed by atoms with Crippen LogP contribution < -0.4 is 0 Å². The molecule has 1 unspecified atom stereocenters. The number of aromatic nitrogens is 1. The van der Waals surface area contributed by atoms with E-state index >= 15 is 0 Å². The smallest absolute Gasteiger partial charge is 0.265 e. The van der Waals surface area contributed by atoms with Gasteiger partial charge in [-0.1, -0.05) is 0 Å². The van der Waals surface area contributed by atoms with Gasteiger partial charge in [0.1, 0.15) is 4.88 Å². The summed E-state index contributed by atoms with van der Waals surface area (Å²) in [4.78, 5) is 18.7. The number of aliphatic hydroxyl groups is 1. The number of thiazole rings is 1. The summed E-state index contributed by atoms with van der Waals surface area (Å²) in [5, 5.41) is 8.82. The Morgan fingerprint density at radius 1 is 1.69 bits per heavy atom. The highest BCUT2D eigenvalue weighted by atomic mass is 32.1. The first-order valence-corrected chi connectivity index (χ1v) is 6.51. The fraction of sp³-hybridized carbons (Fsp3) is 0.636. The van der Waals surface area contributed by atoms with E-state index in [0.29, 0.717) is 6.04 Å². The minimum atomic E-state index is 0.0999. The molecule has 1 amide bonds. The normalized spacial score (nSPS) is 20.3. The van der Waals surface area contributed by atoms with Crippen LogP contribution in [0.15, 0.2) is 11.7 Å². The van der Waals surface area contributed by atoms with Gasteiger partial charge in [-0.25, -0.2) is 0 Å². The molecule has 1 saturated heterocycles. The predicted molar refractivity (Wildman–Crippen MR) is 62.5 cm³/mol. The van der Waals surface area contributed by atoms with Crippen LogP contribution in [0.5, 0.6) is 0 Å². The Morgan fingerprint density at radius 3 is 3.25 bits per heavy atom. The summed E-state index contributed by atoms with van der Waals surface area (Å²) in [5.41, 5.74) is 1.69. The SMILES string of the molecule is O=C(c1cncs1)N1CCCC1CCCO. The summed E-state index contributed by atoms with van der Waals surface area (Å²) in [6, 6.07) is 0.307. The lowest BCUT2D eigenvalue weighted by atomic mass is 10.1. The van der Waals surface area contributed by atoms with E-state index in [1.807, 2.05) is 4.90 Å². The van der Waals surface area contributed by atoms with E-state index in [4.69, 9.17) is 5.11 Å². The van der Waals surface area contributed by atoms with Crippen LogP contribution in [0.3, 0.4) is 0 Å². The summed E-state index contributed by atoms with van der Waals surface area (Å²) < 4.78 is 0. The molecule has 1 aliphatic rings. The molecule has 1 fully saturated rings. The molecule has 4 nitrogen and oxygen atoms in total. The Morgan fingerprint density at radius 2 is 2.56 bits per heavy atom. The van der Waals surface area contributed by atoms with Crippen LogP contribution in [0.2, 0.25) is 0 Å². The molecule has 88 valence electrons. The molecule has 16 heavy (non-hydrogen) atoms. The molecule has 0 saturated carbocycles. The summed E-state index contributed by atoms with van der Waals surface area (Å²) in [6.07, 6.45) is 5.44. The number of nitrogens with zero attached hydrogens (tertiary/aromatic N) is 2. The van der Waals surface area contributed by atoms with Gasteiger partial charge in [-0.2, -0.15) is 0 Å². The first-order valence-electron chi connectivity index (χ1n) is 5.63. The molecule has 0 aliphatic carbocycles. The van der Waals surface area contributed by atoms with Crippen LogP contribution in [-0.2, 0) is 0 Å². The molecule has 1 atom stereocenters. The van der Waals surface area contributed by atoms with Crippen molar-refractivity contribution in [3.05, 3.63) is 16.6 Å². The van der Waals surface area contributed by atoms with E-state index < -0.39 is 0 Å². The molecule has 0 radical (unpaired) electrons. The van der Waals surface area contributed by atoms with Crippen molar-refractivity contribution < 1.29 is 9.90 Å². The van der Waals surface area contributed by atoms with Crippen molar-refractivity contribution in [2.45, 2.75) is 31.7 Å². The summed E-state index contributed by atoms with van der Waals surface area (Å²) in [6.45, 7) is 1.05. The van der Waals surface area contributed by atoms with Crippen LogP contribution in [0.25, 0.3) is 0 Å². The molecule has 1 N–H and O–H groups in total. The van der Waals surface area contributed by atoms with Crippen LogP contribution in [0, 0.1) is 0 Å². The lowest BCUT2D eigenvalue weighted by molar-refractivity contribution is 0.0729. The van der Waals surface area contributed by atoms with Crippen molar-refractivity contribution in [2.24, 2.45) is 0 Å². The molecule has 5 heteroatoms. The molecule has 2 heterocycles. The molecule has 0 spiro atoms. The maximum atomic E-state index is 12.1. The zero-order chi connectivity index (χ0) is 11.4. The third-order valence-electron chi connectivity index (χ3n) is 2.98. The lowest BCUT2D eigenvalue weighted by Crippen LogP contribution is -2.35. The molecule has 1 aliphatic heterocycles. The molecular weight excluding hydrogens is 224 g/mol. The highest BCUT2D eigenvalue weighted by Gasteiger charge is 2.29. The maximum absolute atomic E-state index is 12.1. The van der Waals surface area contributed by atoms with Crippen molar-refractivity contribution in [3.8, 4) is 0 Å². The lowest BCUT2D eigenvalue weighted by Gasteiger charge is -2.23. The largest absolute Gasteiger partial charge is 0.396 e. The van der Waals surface area contributed by atoms with Crippen molar-refractivity contribution in [3.63, 3.8) is 0 Å². The number of hydrogen-bond acceptors (Lipinski definition) is 4. The van der Waals surface area contributed by atoms with Crippen molar-refractivity contribution in [1.82, 2.24) is 9.88 Å². The zero-order valence-corrected chi connectivity index (χ0v) is 9.95. The fourth-order valence-electron chi connectivity index (χ4n) is 2.19. The number of rotatable bonds is 4. The number of amides is 1. The second kappa shape index (κ2) is 5.41. The number of aliphatic hydroxyl groups excluding tert-OH is 1. The highest BCUT2D eigenvalue weighted by molar-refractivity contribution is 7.11. The van der Waals surface area contributed by atoms with Crippen molar-refractivity contribution in [1.29, 1.82) is 0 Å². The minimum absolute atomic E-state index is 0.0999. The Bertz CT molecular complexity index is 340. The van der Waals surface area contributed by atoms with Gasteiger partial charge >= 0.3 is 0 Å². The van der Waals surface area contributed by atoms with Gasteiger partial charge in [-0.15, -0.1) is 11.3 Å². The van der Waals surface area contributed by atoms with Gasteiger partial charge in [-0.05, 0) is 25.7 Å². The Balaban J connectivity index is 1.99. The van der Waals surface area contributed by atoms with Crippen LogP contribution in [0.1, 0.15) is 35.4 Å². The van der Waals surface area contributed by atoms with E-state index in [1.165, 1.54) is 11.3 Å². The van der Waals surface area contributed by atoms with Gasteiger partial charge in [-0.3, -0.25) is 9.78 Å². The predicted octanol–water partition coefficient (Wildman–Crippen LogP) is 1.52. The number of likely N-dealkylation sites (tertiary alicyclic amines) is 1. The summed E-state index contributed by atoms with van der Waals surface area (Å²) >= 11 is 1.39. The number of hydrogen-bond donors (Lipinski definition) is 1. The maximum Gasteiger partial charge on any atom is 0.265 e. The number of carbonyl (C=O) groups excluding carboxylic acids is 1. The average Bonchev–Trinajstić information content (AvgIpc) is 2.96. The molecule has 1 aromatic heterocycles. The van der Waals surface area contributed by atoms with Gasteiger partial charge < -0.3 is 10.0 Å². The monoisotopic (exact) mass is 240 g/mol. The van der Waals surface area contributed by atoms with E-state index in [1.54, 1.807) is 11.7 Å². The zero-order valence-electron chi connectivity index (χ0n) is 9.13. The van der Waals surface area contributed by atoms with Crippen molar-refractivity contribution >= 4 is 17.2 Å². The molecular formula is C11H16N2O2S. The first-order chi connectivity index (χ1) is 7.83. The topological polar surface area (TPSA) is 53.4 Å². The van der Waals surface area contributed by atoms with Crippen LogP contribution in [0.4, 0.5) is 0 Å². The second-order valence-corrected chi connectivity index (χ2v) is 4.91. The van der Waals surface area contributed by atoms with Crippen LogP contribution in [-0.4, -0.2) is 40.1 Å². The van der Waals surface area contributed by atoms with Gasteiger partial charge in [0.15, 0.2) is 0 Å².